The van der Waals surface area contributed by atoms with Crippen molar-refractivity contribution in [3.05, 3.63) is 40.4 Å². The Morgan fingerprint density at radius 1 is 1.34 bits per heavy atom. The minimum Gasteiger partial charge on any atom is -0.441 e. The van der Waals surface area contributed by atoms with Gasteiger partial charge in [0.25, 0.3) is 0 Å². The summed E-state index contributed by atoms with van der Waals surface area (Å²) in [6.07, 6.45) is 1.72. The molecule has 6 nitrogen and oxygen atoms in total. The number of rotatable bonds is 9. The maximum Gasteiger partial charge on any atom is 0.234 e. The number of aromatic nitrogens is 2. The maximum atomic E-state index is 13.1. The molecule has 0 spiro atoms. The smallest absolute Gasteiger partial charge is 0.234 e. The SMILES string of the molecule is CCOCN(C(=O)Cc1ccc2oc(CC(C)C)nc2c1)c1snc(CC)c1Cl. The lowest BCUT2D eigenvalue weighted by molar-refractivity contribution is -0.119. The Morgan fingerprint density at radius 2 is 2.14 bits per heavy atom. The molecule has 0 N–H and O–H groups in total. The lowest BCUT2D eigenvalue weighted by Crippen LogP contribution is -2.34. The molecule has 0 bridgehead atoms. The largest absolute Gasteiger partial charge is 0.441 e. The molecule has 0 aliphatic heterocycles. The maximum absolute atomic E-state index is 13.1. The highest BCUT2D eigenvalue weighted by Gasteiger charge is 2.23. The van der Waals surface area contributed by atoms with Gasteiger partial charge in [0.15, 0.2) is 11.5 Å². The lowest BCUT2D eigenvalue weighted by atomic mass is 10.1. The van der Waals surface area contributed by atoms with E-state index in [1.165, 1.54) is 11.5 Å². The van der Waals surface area contributed by atoms with E-state index < -0.39 is 0 Å². The molecule has 3 aromatic rings. The molecule has 0 saturated carbocycles. The average molecular weight is 436 g/mol. The first kappa shape index (κ1) is 21.7. The molecule has 156 valence electrons. The Hall–Kier alpha value is -1.96. The third-order valence-electron chi connectivity index (χ3n) is 4.42. The zero-order chi connectivity index (χ0) is 21.0. The molecule has 0 radical (unpaired) electrons. The molecule has 0 atom stereocenters. The van der Waals surface area contributed by atoms with E-state index in [0.717, 1.165) is 34.7 Å². The molecule has 0 unspecified atom stereocenters. The fraction of sp³-hybridized carbons (Fsp3) is 0.476. The predicted octanol–water partition coefficient (Wildman–Crippen LogP) is 5.27. The van der Waals surface area contributed by atoms with Crippen molar-refractivity contribution in [3.8, 4) is 0 Å². The molecule has 0 aliphatic carbocycles. The number of benzene rings is 1. The predicted molar refractivity (Wildman–Crippen MR) is 117 cm³/mol. The third-order valence-corrected chi connectivity index (χ3v) is 5.84. The topological polar surface area (TPSA) is 68.5 Å². The van der Waals surface area contributed by atoms with Crippen LogP contribution in [0.15, 0.2) is 22.6 Å². The van der Waals surface area contributed by atoms with Crippen LogP contribution in [-0.4, -0.2) is 28.6 Å². The third kappa shape index (κ3) is 5.15. The van der Waals surface area contributed by atoms with E-state index in [2.05, 4.69) is 23.2 Å². The van der Waals surface area contributed by atoms with Crippen molar-refractivity contribution in [2.75, 3.05) is 18.2 Å². The quantitative estimate of drug-likeness (QED) is 0.428. The molecule has 29 heavy (non-hydrogen) atoms. The Labute approximate surface area is 180 Å². The van der Waals surface area contributed by atoms with Crippen LogP contribution in [-0.2, 0) is 28.8 Å². The minimum atomic E-state index is -0.100. The molecule has 0 fully saturated rings. The van der Waals surface area contributed by atoms with Crippen molar-refractivity contribution in [1.29, 1.82) is 0 Å². The van der Waals surface area contributed by atoms with Crippen LogP contribution in [0.2, 0.25) is 5.02 Å². The van der Waals surface area contributed by atoms with Gasteiger partial charge in [0, 0.05) is 13.0 Å². The van der Waals surface area contributed by atoms with Crippen LogP contribution in [0.3, 0.4) is 0 Å². The standard InChI is InChI=1S/C21H26ClN3O3S/c1-5-15-20(22)21(29-24-15)25(12-27-6-2)19(26)11-14-7-8-17-16(10-14)23-18(28-17)9-13(3)4/h7-8,10,13H,5-6,9,11-12H2,1-4H3. The number of anilines is 1. The Kier molecular flexibility index (Phi) is 7.27. The van der Waals surface area contributed by atoms with E-state index in [1.807, 2.05) is 32.0 Å². The Balaban J connectivity index is 1.81. The number of nitrogens with zero attached hydrogens (tertiary/aromatic N) is 3. The minimum absolute atomic E-state index is 0.100. The zero-order valence-electron chi connectivity index (χ0n) is 17.2. The van der Waals surface area contributed by atoms with Gasteiger partial charge < -0.3 is 9.15 Å². The second-order valence-electron chi connectivity index (χ2n) is 7.23. The number of ether oxygens (including phenoxy) is 1. The van der Waals surface area contributed by atoms with Crippen molar-refractivity contribution < 1.29 is 13.9 Å². The number of halogens is 1. The number of fused-ring (bicyclic) bond motifs is 1. The molecule has 0 saturated heterocycles. The molecule has 3 rings (SSSR count). The van der Waals surface area contributed by atoms with Crippen LogP contribution in [0.1, 0.15) is 44.8 Å². The van der Waals surface area contributed by atoms with Crippen molar-refractivity contribution in [1.82, 2.24) is 9.36 Å². The van der Waals surface area contributed by atoms with Crippen LogP contribution >= 0.6 is 23.1 Å². The van der Waals surface area contributed by atoms with Gasteiger partial charge in [-0.1, -0.05) is 38.4 Å². The Bertz CT molecular complexity index is 983. The Morgan fingerprint density at radius 3 is 2.79 bits per heavy atom. The van der Waals surface area contributed by atoms with Gasteiger partial charge in [-0.25, -0.2) is 4.98 Å². The van der Waals surface area contributed by atoms with Crippen LogP contribution < -0.4 is 4.90 Å². The zero-order valence-corrected chi connectivity index (χ0v) is 18.8. The van der Waals surface area contributed by atoms with Gasteiger partial charge in [-0.3, -0.25) is 9.69 Å². The molecular weight excluding hydrogens is 410 g/mol. The number of oxazole rings is 1. The summed E-state index contributed by atoms with van der Waals surface area (Å²) in [7, 11) is 0. The summed E-state index contributed by atoms with van der Waals surface area (Å²) in [5.41, 5.74) is 3.17. The van der Waals surface area contributed by atoms with Crippen molar-refractivity contribution in [3.63, 3.8) is 0 Å². The number of aryl methyl sites for hydroxylation is 1. The monoisotopic (exact) mass is 435 g/mol. The van der Waals surface area contributed by atoms with E-state index in [4.69, 9.17) is 20.8 Å². The van der Waals surface area contributed by atoms with E-state index in [1.54, 1.807) is 4.90 Å². The molecule has 0 aliphatic rings. The second kappa shape index (κ2) is 9.69. The van der Waals surface area contributed by atoms with E-state index in [9.17, 15) is 4.79 Å². The van der Waals surface area contributed by atoms with Gasteiger partial charge in [-0.05, 0) is 48.5 Å². The summed E-state index contributed by atoms with van der Waals surface area (Å²) in [6, 6.07) is 5.68. The first-order valence-electron chi connectivity index (χ1n) is 9.83. The van der Waals surface area contributed by atoms with Gasteiger partial charge in [0.1, 0.15) is 17.2 Å². The molecule has 2 heterocycles. The molecule has 2 aromatic heterocycles. The number of hydrogen-bond acceptors (Lipinski definition) is 6. The van der Waals surface area contributed by atoms with Gasteiger partial charge in [0.2, 0.25) is 5.91 Å². The molecule has 8 heteroatoms. The number of hydrogen-bond donors (Lipinski definition) is 0. The summed E-state index contributed by atoms with van der Waals surface area (Å²) in [6.45, 7) is 8.78. The van der Waals surface area contributed by atoms with Gasteiger partial charge in [-0.2, -0.15) is 4.37 Å². The summed E-state index contributed by atoms with van der Waals surface area (Å²) in [4.78, 5) is 19.2. The highest BCUT2D eigenvalue weighted by atomic mass is 35.5. The summed E-state index contributed by atoms with van der Waals surface area (Å²) in [5, 5.41) is 1.15. The van der Waals surface area contributed by atoms with E-state index >= 15 is 0 Å². The second-order valence-corrected chi connectivity index (χ2v) is 8.36. The lowest BCUT2D eigenvalue weighted by Gasteiger charge is -2.21. The van der Waals surface area contributed by atoms with Crippen LogP contribution in [0.5, 0.6) is 0 Å². The number of amides is 1. The van der Waals surface area contributed by atoms with Crippen LogP contribution in [0.4, 0.5) is 5.00 Å². The van der Waals surface area contributed by atoms with Crippen molar-refractivity contribution in [2.24, 2.45) is 5.92 Å². The van der Waals surface area contributed by atoms with E-state index in [0.29, 0.717) is 29.0 Å². The number of carbonyl (C=O) groups is 1. The van der Waals surface area contributed by atoms with Gasteiger partial charge in [0.05, 0.1) is 17.1 Å². The summed E-state index contributed by atoms with van der Waals surface area (Å²) < 4.78 is 15.7. The fourth-order valence-electron chi connectivity index (χ4n) is 2.95. The summed E-state index contributed by atoms with van der Waals surface area (Å²) in [5.74, 6) is 1.09. The molecule has 1 aromatic carbocycles. The average Bonchev–Trinajstić information content (AvgIpc) is 3.24. The van der Waals surface area contributed by atoms with Crippen molar-refractivity contribution in [2.45, 2.75) is 47.0 Å². The summed E-state index contributed by atoms with van der Waals surface area (Å²) >= 11 is 7.67. The highest BCUT2D eigenvalue weighted by Crippen LogP contribution is 2.34. The molecule has 1 amide bonds. The fourth-order valence-corrected chi connectivity index (χ4v) is 4.25. The molecular formula is C21H26ClN3O3S. The van der Waals surface area contributed by atoms with Crippen molar-refractivity contribution >= 4 is 45.1 Å². The first-order chi connectivity index (χ1) is 13.9. The van der Waals surface area contributed by atoms with Crippen LogP contribution in [0.25, 0.3) is 11.1 Å². The van der Waals surface area contributed by atoms with E-state index in [-0.39, 0.29) is 19.1 Å². The normalized spacial score (nSPS) is 11.5. The highest BCUT2D eigenvalue weighted by molar-refractivity contribution is 7.11. The van der Waals surface area contributed by atoms with Crippen LogP contribution in [0, 0.1) is 5.92 Å². The van der Waals surface area contributed by atoms with Gasteiger partial charge in [-0.15, -0.1) is 0 Å². The van der Waals surface area contributed by atoms with Gasteiger partial charge >= 0.3 is 0 Å². The first-order valence-corrected chi connectivity index (χ1v) is 11.0. The number of carbonyl (C=O) groups excluding carboxylic acids is 1.